The van der Waals surface area contributed by atoms with Crippen molar-refractivity contribution in [2.75, 3.05) is 13.2 Å². The van der Waals surface area contributed by atoms with E-state index in [1.54, 1.807) is 0 Å². The van der Waals surface area contributed by atoms with Crippen molar-refractivity contribution in [1.82, 2.24) is 0 Å². The number of hydrogen-bond acceptors (Lipinski definition) is 2. The van der Waals surface area contributed by atoms with Gasteiger partial charge in [-0.3, -0.25) is 0 Å². The maximum Gasteiger partial charge on any atom is 0.0961 e. The summed E-state index contributed by atoms with van der Waals surface area (Å²) in [7, 11) is 0. The summed E-state index contributed by atoms with van der Waals surface area (Å²) in [6.07, 6.45) is 16.3. The molecule has 0 bridgehead atoms. The minimum Gasteiger partial charge on any atom is -0.501 e. The van der Waals surface area contributed by atoms with Crippen LogP contribution in [0.25, 0.3) is 0 Å². The molecule has 0 aromatic rings. The summed E-state index contributed by atoms with van der Waals surface area (Å²) in [5, 5.41) is 0. The molecular weight excluding hydrogens is 224 g/mol. The predicted molar refractivity (Wildman–Crippen MR) is 76.3 cm³/mol. The van der Waals surface area contributed by atoms with Crippen LogP contribution in [0.1, 0.15) is 58.8 Å². The third kappa shape index (κ3) is 5.61. The summed E-state index contributed by atoms with van der Waals surface area (Å²) < 4.78 is 11.4. The SMILES string of the molecule is CCC=COCC1(COC=CCC)CCCCC1. The van der Waals surface area contributed by atoms with Crippen molar-refractivity contribution < 1.29 is 9.47 Å². The van der Waals surface area contributed by atoms with Crippen molar-refractivity contribution in [3.8, 4) is 0 Å². The van der Waals surface area contributed by atoms with Crippen LogP contribution in [0, 0.1) is 5.41 Å². The molecule has 1 aliphatic carbocycles. The molecule has 0 N–H and O–H groups in total. The van der Waals surface area contributed by atoms with E-state index >= 15 is 0 Å². The quantitative estimate of drug-likeness (QED) is 0.577. The normalized spacial score (nSPS) is 19.4. The first-order valence-corrected chi connectivity index (χ1v) is 7.36. The van der Waals surface area contributed by atoms with Crippen LogP contribution in [-0.2, 0) is 9.47 Å². The van der Waals surface area contributed by atoms with E-state index < -0.39 is 0 Å². The molecule has 2 heteroatoms. The molecule has 0 saturated heterocycles. The second-order valence-corrected chi connectivity index (χ2v) is 5.24. The molecule has 0 aliphatic heterocycles. The van der Waals surface area contributed by atoms with Gasteiger partial charge in [-0.1, -0.05) is 45.3 Å². The minimum atomic E-state index is 0.231. The lowest BCUT2D eigenvalue weighted by molar-refractivity contribution is 0.00999. The number of rotatable bonds is 8. The third-order valence-electron chi connectivity index (χ3n) is 3.55. The Kier molecular flexibility index (Phi) is 7.63. The van der Waals surface area contributed by atoms with E-state index in [0.29, 0.717) is 0 Å². The lowest BCUT2D eigenvalue weighted by atomic mass is 9.75. The number of hydrogen-bond donors (Lipinski definition) is 0. The Bertz CT molecular complexity index is 230. The lowest BCUT2D eigenvalue weighted by Gasteiger charge is -2.35. The second-order valence-electron chi connectivity index (χ2n) is 5.24. The molecule has 0 atom stereocenters. The molecular formula is C16H28O2. The number of ether oxygens (including phenoxy) is 2. The highest BCUT2D eigenvalue weighted by atomic mass is 16.5. The molecule has 0 amide bonds. The molecule has 1 fully saturated rings. The predicted octanol–water partition coefficient (Wildman–Crippen LogP) is 4.82. The monoisotopic (exact) mass is 252 g/mol. The standard InChI is InChI=1S/C16H28O2/c1-3-5-12-17-14-16(10-8-7-9-11-16)15-18-13-6-4-2/h5-6,12-13H,3-4,7-11,14-15H2,1-2H3. The maximum absolute atomic E-state index is 5.69. The Labute approximate surface area is 112 Å². The van der Waals surface area contributed by atoms with Crippen molar-refractivity contribution in [1.29, 1.82) is 0 Å². The third-order valence-corrected chi connectivity index (χ3v) is 3.55. The molecule has 0 radical (unpaired) electrons. The highest BCUT2D eigenvalue weighted by Gasteiger charge is 2.33. The average Bonchev–Trinajstić information content (AvgIpc) is 2.41. The van der Waals surface area contributed by atoms with Gasteiger partial charge in [0.1, 0.15) is 0 Å². The summed E-state index contributed by atoms with van der Waals surface area (Å²) in [5.41, 5.74) is 0.231. The molecule has 104 valence electrons. The molecule has 2 nitrogen and oxygen atoms in total. The van der Waals surface area contributed by atoms with Gasteiger partial charge in [0.15, 0.2) is 0 Å². The summed E-state index contributed by atoms with van der Waals surface area (Å²) in [6.45, 7) is 5.83. The second kappa shape index (κ2) is 9.07. The maximum atomic E-state index is 5.69. The van der Waals surface area contributed by atoms with Crippen LogP contribution in [0.5, 0.6) is 0 Å². The number of allylic oxidation sites excluding steroid dienone is 2. The Hall–Kier alpha value is -0.920. The zero-order chi connectivity index (χ0) is 13.1. The molecule has 1 aliphatic rings. The lowest BCUT2D eigenvalue weighted by Crippen LogP contribution is -2.33. The molecule has 0 unspecified atom stereocenters. The van der Waals surface area contributed by atoms with E-state index in [1.807, 2.05) is 12.5 Å². The average molecular weight is 252 g/mol. The van der Waals surface area contributed by atoms with E-state index in [0.717, 1.165) is 26.1 Å². The molecule has 18 heavy (non-hydrogen) atoms. The van der Waals surface area contributed by atoms with Crippen molar-refractivity contribution in [3.05, 3.63) is 24.7 Å². The first-order valence-electron chi connectivity index (χ1n) is 7.36. The highest BCUT2D eigenvalue weighted by molar-refractivity contribution is 4.85. The summed E-state index contributed by atoms with van der Waals surface area (Å²) >= 11 is 0. The van der Waals surface area contributed by atoms with Crippen LogP contribution in [0.4, 0.5) is 0 Å². The first-order chi connectivity index (χ1) is 8.83. The highest BCUT2D eigenvalue weighted by Crippen LogP contribution is 2.37. The Balaban J connectivity index is 2.41. The fourth-order valence-electron chi connectivity index (χ4n) is 2.41. The van der Waals surface area contributed by atoms with Gasteiger partial charge in [-0.15, -0.1) is 0 Å². The molecule has 1 rings (SSSR count). The van der Waals surface area contributed by atoms with Crippen molar-refractivity contribution in [2.45, 2.75) is 58.8 Å². The van der Waals surface area contributed by atoms with E-state index in [2.05, 4.69) is 26.0 Å². The van der Waals surface area contributed by atoms with Gasteiger partial charge in [0.25, 0.3) is 0 Å². The van der Waals surface area contributed by atoms with E-state index in [-0.39, 0.29) is 5.41 Å². The van der Waals surface area contributed by atoms with Crippen molar-refractivity contribution in [3.63, 3.8) is 0 Å². The van der Waals surface area contributed by atoms with Gasteiger partial charge < -0.3 is 9.47 Å². The van der Waals surface area contributed by atoms with Gasteiger partial charge in [-0.25, -0.2) is 0 Å². The molecule has 0 aromatic carbocycles. The van der Waals surface area contributed by atoms with Crippen LogP contribution in [0.3, 0.4) is 0 Å². The smallest absolute Gasteiger partial charge is 0.0961 e. The van der Waals surface area contributed by atoms with Crippen LogP contribution in [0.2, 0.25) is 0 Å². The van der Waals surface area contributed by atoms with Gasteiger partial charge in [0.05, 0.1) is 25.7 Å². The summed E-state index contributed by atoms with van der Waals surface area (Å²) in [4.78, 5) is 0. The van der Waals surface area contributed by atoms with Gasteiger partial charge in [-0.05, 0) is 25.7 Å². The first kappa shape index (κ1) is 15.1. The van der Waals surface area contributed by atoms with Crippen LogP contribution >= 0.6 is 0 Å². The van der Waals surface area contributed by atoms with E-state index in [1.165, 1.54) is 32.1 Å². The van der Waals surface area contributed by atoms with Gasteiger partial charge in [0, 0.05) is 5.41 Å². The van der Waals surface area contributed by atoms with Crippen molar-refractivity contribution >= 4 is 0 Å². The molecule has 0 aromatic heterocycles. The summed E-state index contributed by atoms with van der Waals surface area (Å²) in [6, 6.07) is 0. The zero-order valence-electron chi connectivity index (χ0n) is 12.0. The van der Waals surface area contributed by atoms with Crippen LogP contribution < -0.4 is 0 Å². The van der Waals surface area contributed by atoms with Gasteiger partial charge >= 0.3 is 0 Å². The minimum absolute atomic E-state index is 0.231. The van der Waals surface area contributed by atoms with E-state index in [4.69, 9.17) is 9.47 Å². The summed E-state index contributed by atoms with van der Waals surface area (Å²) in [5.74, 6) is 0. The zero-order valence-corrected chi connectivity index (χ0v) is 12.0. The van der Waals surface area contributed by atoms with E-state index in [9.17, 15) is 0 Å². The Morgan fingerprint density at radius 1 is 0.833 bits per heavy atom. The van der Waals surface area contributed by atoms with Crippen LogP contribution in [0.15, 0.2) is 24.7 Å². The largest absolute Gasteiger partial charge is 0.501 e. The fourth-order valence-corrected chi connectivity index (χ4v) is 2.41. The topological polar surface area (TPSA) is 18.5 Å². The van der Waals surface area contributed by atoms with Gasteiger partial charge in [-0.2, -0.15) is 0 Å². The Morgan fingerprint density at radius 3 is 1.78 bits per heavy atom. The van der Waals surface area contributed by atoms with Crippen LogP contribution in [-0.4, -0.2) is 13.2 Å². The molecule has 0 spiro atoms. The fraction of sp³-hybridized carbons (Fsp3) is 0.750. The molecule has 0 heterocycles. The van der Waals surface area contributed by atoms with Crippen molar-refractivity contribution in [2.24, 2.45) is 5.41 Å². The molecule has 1 saturated carbocycles. The van der Waals surface area contributed by atoms with Gasteiger partial charge in [0.2, 0.25) is 0 Å². The Morgan fingerprint density at radius 2 is 1.33 bits per heavy atom.